The lowest BCUT2D eigenvalue weighted by Crippen LogP contribution is -2.36. The van der Waals surface area contributed by atoms with E-state index in [1.165, 1.54) is 0 Å². The van der Waals surface area contributed by atoms with Crippen molar-refractivity contribution in [3.63, 3.8) is 0 Å². The molecule has 0 N–H and O–H groups in total. The molecule has 0 saturated carbocycles. The molecule has 3 heteroatoms. The molecular weight excluding hydrogens is 236 g/mol. The van der Waals surface area contributed by atoms with Gasteiger partial charge in [-0.25, -0.2) is 0 Å². The number of nitrogens with zero attached hydrogens (tertiary/aromatic N) is 2. The van der Waals surface area contributed by atoms with Crippen molar-refractivity contribution in [1.29, 1.82) is 0 Å². The molecule has 0 aliphatic heterocycles. The molecule has 0 atom stereocenters. The third-order valence-electron chi connectivity index (χ3n) is 3.09. The molecule has 0 heterocycles. The first-order chi connectivity index (χ1) is 9.18. The lowest BCUT2D eigenvalue weighted by Gasteiger charge is -2.23. The number of benzene rings is 2. The van der Waals surface area contributed by atoms with Crippen LogP contribution in [0.3, 0.4) is 0 Å². The Balaban J connectivity index is 2.02. The molecule has 0 radical (unpaired) electrons. The summed E-state index contributed by atoms with van der Waals surface area (Å²) in [5.74, 6) is 0.0672. The fourth-order valence-electron chi connectivity index (χ4n) is 1.88. The molecule has 3 nitrogen and oxygen atoms in total. The molecule has 2 aromatic rings. The Morgan fingerprint density at radius 2 is 1.32 bits per heavy atom. The summed E-state index contributed by atoms with van der Waals surface area (Å²) in [7, 11) is 3.72. The minimum absolute atomic E-state index is 0.0672. The smallest absolute Gasteiger partial charge is 0.246 e. The van der Waals surface area contributed by atoms with E-state index >= 15 is 0 Å². The first-order valence-electron chi connectivity index (χ1n) is 6.26. The van der Waals surface area contributed by atoms with Crippen LogP contribution in [0.2, 0.25) is 0 Å². The van der Waals surface area contributed by atoms with Crippen LogP contribution in [0.25, 0.3) is 0 Å². The molecule has 0 saturated heterocycles. The predicted octanol–water partition coefficient (Wildman–Crippen LogP) is 2.79. The van der Waals surface area contributed by atoms with E-state index < -0.39 is 0 Å². The molecule has 0 bridgehead atoms. The Bertz CT molecular complexity index is 525. The number of hydrogen-bond acceptors (Lipinski definition) is 2. The molecule has 19 heavy (non-hydrogen) atoms. The van der Waals surface area contributed by atoms with Gasteiger partial charge in [-0.15, -0.1) is 0 Å². The standard InChI is InChI=1S/C16H18N2O/c1-17(14-9-5-3-6-10-14)13-16(19)18(2)15-11-7-4-8-12-15/h3-12H,13H2,1-2H3. The van der Waals surface area contributed by atoms with Crippen LogP contribution >= 0.6 is 0 Å². The summed E-state index contributed by atoms with van der Waals surface area (Å²) in [4.78, 5) is 15.8. The Morgan fingerprint density at radius 1 is 0.842 bits per heavy atom. The third-order valence-corrected chi connectivity index (χ3v) is 3.09. The first kappa shape index (κ1) is 13.1. The van der Waals surface area contributed by atoms with E-state index in [0.717, 1.165) is 11.4 Å². The van der Waals surface area contributed by atoms with Crippen LogP contribution in [0.1, 0.15) is 0 Å². The summed E-state index contributed by atoms with van der Waals surface area (Å²) in [5, 5.41) is 0. The van der Waals surface area contributed by atoms with Crippen LogP contribution in [0, 0.1) is 0 Å². The number of carbonyl (C=O) groups is 1. The summed E-state index contributed by atoms with van der Waals surface area (Å²) in [6, 6.07) is 19.6. The van der Waals surface area contributed by atoms with Crippen LogP contribution in [-0.2, 0) is 4.79 Å². The number of anilines is 2. The number of amides is 1. The molecule has 0 aromatic heterocycles. The zero-order chi connectivity index (χ0) is 13.7. The quantitative estimate of drug-likeness (QED) is 0.837. The van der Waals surface area contributed by atoms with Crippen molar-refractivity contribution < 1.29 is 4.79 Å². The van der Waals surface area contributed by atoms with Gasteiger partial charge in [-0.2, -0.15) is 0 Å². The molecule has 0 fully saturated rings. The van der Waals surface area contributed by atoms with Crippen LogP contribution in [0.4, 0.5) is 11.4 Å². The fraction of sp³-hybridized carbons (Fsp3) is 0.188. The molecule has 0 spiro atoms. The van der Waals surface area contributed by atoms with Crippen molar-refractivity contribution in [2.45, 2.75) is 0 Å². The Kier molecular flexibility index (Phi) is 4.18. The normalized spacial score (nSPS) is 10.0. The van der Waals surface area contributed by atoms with E-state index in [2.05, 4.69) is 0 Å². The maximum absolute atomic E-state index is 12.2. The van der Waals surface area contributed by atoms with Gasteiger partial charge in [-0.1, -0.05) is 36.4 Å². The van der Waals surface area contributed by atoms with E-state index in [9.17, 15) is 4.79 Å². The highest BCUT2D eigenvalue weighted by molar-refractivity contribution is 5.95. The van der Waals surface area contributed by atoms with Gasteiger partial charge in [-0.05, 0) is 24.3 Å². The van der Waals surface area contributed by atoms with Crippen molar-refractivity contribution in [1.82, 2.24) is 0 Å². The van der Waals surface area contributed by atoms with E-state index in [1.54, 1.807) is 11.9 Å². The molecule has 0 aliphatic rings. The van der Waals surface area contributed by atoms with Gasteiger partial charge in [-0.3, -0.25) is 4.79 Å². The van der Waals surface area contributed by atoms with E-state index in [0.29, 0.717) is 6.54 Å². The largest absolute Gasteiger partial charge is 0.365 e. The van der Waals surface area contributed by atoms with Crippen LogP contribution < -0.4 is 9.80 Å². The minimum Gasteiger partial charge on any atom is -0.365 e. The summed E-state index contributed by atoms with van der Waals surface area (Å²) >= 11 is 0. The highest BCUT2D eigenvalue weighted by Crippen LogP contribution is 2.14. The Morgan fingerprint density at radius 3 is 1.84 bits per heavy atom. The summed E-state index contributed by atoms with van der Waals surface area (Å²) in [6.07, 6.45) is 0. The van der Waals surface area contributed by atoms with Crippen LogP contribution in [-0.4, -0.2) is 26.5 Å². The maximum Gasteiger partial charge on any atom is 0.246 e. The van der Waals surface area contributed by atoms with E-state index in [-0.39, 0.29) is 5.91 Å². The number of likely N-dealkylation sites (N-methyl/N-ethyl adjacent to an activating group) is 2. The van der Waals surface area contributed by atoms with Gasteiger partial charge in [0.1, 0.15) is 0 Å². The van der Waals surface area contributed by atoms with Gasteiger partial charge < -0.3 is 9.80 Å². The molecule has 2 aromatic carbocycles. The first-order valence-corrected chi connectivity index (χ1v) is 6.26. The predicted molar refractivity (Wildman–Crippen MR) is 79.6 cm³/mol. The fourth-order valence-corrected chi connectivity index (χ4v) is 1.88. The Hall–Kier alpha value is -2.29. The lowest BCUT2D eigenvalue weighted by atomic mass is 10.2. The molecule has 0 unspecified atom stereocenters. The zero-order valence-electron chi connectivity index (χ0n) is 11.3. The zero-order valence-corrected chi connectivity index (χ0v) is 11.3. The maximum atomic E-state index is 12.2. The van der Waals surface area contributed by atoms with E-state index in [4.69, 9.17) is 0 Å². The van der Waals surface area contributed by atoms with Crippen molar-refractivity contribution in [3.8, 4) is 0 Å². The van der Waals surface area contributed by atoms with Gasteiger partial charge in [0, 0.05) is 25.5 Å². The molecule has 0 aliphatic carbocycles. The average molecular weight is 254 g/mol. The highest BCUT2D eigenvalue weighted by atomic mass is 16.2. The SMILES string of the molecule is CN(CC(=O)N(C)c1ccccc1)c1ccccc1. The minimum atomic E-state index is 0.0672. The lowest BCUT2D eigenvalue weighted by molar-refractivity contribution is -0.117. The van der Waals surface area contributed by atoms with Gasteiger partial charge in [0.15, 0.2) is 0 Å². The Labute approximate surface area is 114 Å². The monoisotopic (exact) mass is 254 g/mol. The van der Waals surface area contributed by atoms with Crippen molar-refractivity contribution in [2.24, 2.45) is 0 Å². The van der Waals surface area contributed by atoms with Crippen molar-refractivity contribution >= 4 is 17.3 Å². The van der Waals surface area contributed by atoms with Gasteiger partial charge in [0.25, 0.3) is 0 Å². The van der Waals surface area contributed by atoms with Crippen molar-refractivity contribution in [3.05, 3.63) is 60.7 Å². The van der Waals surface area contributed by atoms with Gasteiger partial charge >= 0.3 is 0 Å². The number of carbonyl (C=O) groups excluding carboxylic acids is 1. The number of hydrogen-bond donors (Lipinski definition) is 0. The molecule has 98 valence electrons. The van der Waals surface area contributed by atoms with E-state index in [1.807, 2.05) is 72.6 Å². The van der Waals surface area contributed by atoms with Crippen molar-refractivity contribution in [2.75, 3.05) is 30.4 Å². The highest BCUT2D eigenvalue weighted by Gasteiger charge is 2.13. The molecular formula is C16H18N2O. The topological polar surface area (TPSA) is 23.6 Å². The third kappa shape index (κ3) is 3.35. The summed E-state index contributed by atoms with van der Waals surface area (Å²) in [6.45, 7) is 0.357. The van der Waals surface area contributed by atoms with Gasteiger partial charge in [0.2, 0.25) is 5.91 Å². The number of para-hydroxylation sites is 2. The number of rotatable bonds is 4. The second-order valence-electron chi connectivity index (χ2n) is 4.48. The summed E-state index contributed by atoms with van der Waals surface area (Å²) in [5.41, 5.74) is 1.95. The average Bonchev–Trinajstić information content (AvgIpc) is 2.48. The van der Waals surface area contributed by atoms with Gasteiger partial charge in [0.05, 0.1) is 6.54 Å². The summed E-state index contributed by atoms with van der Waals surface area (Å²) < 4.78 is 0. The second-order valence-corrected chi connectivity index (χ2v) is 4.48. The van der Waals surface area contributed by atoms with Crippen LogP contribution in [0.15, 0.2) is 60.7 Å². The molecule has 2 rings (SSSR count). The van der Waals surface area contributed by atoms with Crippen LogP contribution in [0.5, 0.6) is 0 Å². The second kappa shape index (κ2) is 6.05. The molecule has 1 amide bonds.